The molecule has 1 saturated heterocycles. The Morgan fingerprint density at radius 1 is 1.19 bits per heavy atom. The molecule has 0 radical (unpaired) electrons. The topological polar surface area (TPSA) is 99.2 Å². The number of nitrogens with one attached hydrogen (secondary N) is 3. The lowest BCUT2D eigenvalue weighted by atomic mass is 10.1. The number of rotatable bonds is 6. The molecule has 0 bridgehead atoms. The molecule has 0 aromatic carbocycles. The van der Waals surface area contributed by atoms with Crippen LogP contribution in [0, 0.1) is 0 Å². The van der Waals surface area contributed by atoms with Crippen LogP contribution in [0.1, 0.15) is 44.6 Å². The third-order valence-corrected chi connectivity index (χ3v) is 5.65. The molecule has 2 amide bonds. The molecule has 3 rings (SSSR count). The zero-order chi connectivity index (χ0) is 22.6. The summed E-state index contributed by atoms with van der Waals surface area (Å²) in [7, 11) is 0. The first-order valence-electron chi connectivity index (χ1n) is 10.3. The minimum absolute atomic E-state index is 0.0453. The van der Waals surface area contributed by atoms with Gasteiger partial charge in [-0.2, -0.15) is 18.2 Å². The average molecular weight is 440 g/mol. The molecule has 1 aliphatic heterocycles. The lowest BCUT2D eigenvalue weighted by molar-refractivity contribution is -0.137. The molecule has 11 heteroatoms. The lowest BCUT2D eigenvalue weighted by Crippen LogP contribution is -2.44. The van der Waals surface area contributed by atoms with Crippen molar-refractivity contribution in [1.29, 1.82) is 0 Å². The second kappa shape index (κ2) is 9.52. The van der Waals surface area contributed by atoms with Crippen molar-refractivity contribution in [3.05, 3.63) is 24.4 Å². The third kappa shape index (κ3) is 5.86. The monoisotopic (exact) mass is 440 g/mol. The van der Waals surface area contributed by atoms with Gasteiger partial charge < -0.3 is 20.9 Å². The van der Waals surface area contributed by atoms with Crippen LogP contribution in [0.5, 0.6) is 0 Å². The van der Waals surface area contributed by atoms with Crippen LogP contribution in [0.25, 0.3) is 0 Å². The van der Waals surface area contributed by atoms with Gasteiger partial charge in [-0.15, -0.1) is 0 Å². The van der Waals surface area contributed by atoms with E-state index in [4.69, 9.17) is 0 Å². The van der Waals surface area contributed by atoms with Gasteiger partial charge in [0.15, 0.2) is 0 Å². The van der Waals surface area contributed by atoms with Gasteiger partial charge in [-0.3, -0.25) is 9.59 Å². The van der Waals surface area contributed by atoms with Gasteiger partial charge in [0.1, 0.15) is 11.4 Å². The fourth-order valence-corrected chi connectivity index (χ4v) is 4.06. The summed E-state index contributed by atoms with van der Waals surface area (Å²) in [5.41, 5.74) is -0.965. The summed E-state index contributed by atoms with van der Waals surface area (Å²) in [6, 6.07) is -0.857. The number of hydrogen-bond acceptors (Lipinski definition) is 6. The summed E-state index contributed by atoms with van der Waals surface area (Å²) in [6.45, 7) is 6.00. The van der Waals surface area contributed by atoms with Gasteiger partial charge in [0.2, 0.25) is 17.8 Å². The predicted octanol–water partition coefficient (Wildman–Crippen LogP) is 2.55. The van der Waals surface area contributed by atoms with Crippen LogP contribution in [0.15, 0.2) is 18.9 Å². The maximum absolute atomic E-state index is 13.5. The van der Waals surface area contributed by atoms with Gasteiger partial charge in [0, 0.05) is 44.3 Å². The fraction of sp³-hybridized carbons (Fsp3) is 0.600. The summed E-state index contributed by atoms with van der Waals surface area (Å²) in [5, 5.41) is 8.69. The van der Waals surface area contributed by atoms with E-state index < -0.39 is 17.8 Å². The van der Waals surface area contributed by atoms with Crippen molar-refractivity contribution in [1.82, 2.24) is 20.2 Å². The minimum atomic E-state index is -4.63. The smallest absolute Gasteiger partial charge is 0.365 e. The summed E-state index contributed by atoms with van der Waals surface area (Å²) in [6.07, 6.45) is 0.828. The number of hydrogen-bond donors (Lipinski definition) is 3. The Bertz CT molecular complexity index is 832. The molecule has 1 aliphatic carbocycles. The molecular weight excluding hydrogens is 413 g/mol. The Morgan fingerprint density at radius 3 is 2.61 bits per heavy atom. The lowest BCUT2D eigenvalue weighted by Gasteiger charge is -2.32. The van der Waals surface area contributed by atoms with Crippen LogP contribution in [0.4, 0.5) is 24.9 Å². The number of aromatic nitrogens is 2. The van der Waals surface area contributed by atoms with Crippen LogP contribution in [0.3, 0.4) is 0 Å². The third-order valence-electron chi connectivity index (χ3n) is 5.65. The van der Waals surface area contributed by atoms with Gasteiger partial charge in [-0.05, 0) is 38.2 Å². The standard InChI is InChI=1S/C20H27F3N6O2/c1-3-17(31)26-15-7-4-8-16(15)27-18-14(20(21,22)23)10-24-19(28-18)25-13-6-5-9-29(11-13)12(2)30/h3,10,13,15-16H,1,4-9,11H2,2H3,(H,26,31)(H2,24,25,27,28)/t13-,15?,16+/m0/s1. The largest absolute Gasteiger partial charge is 0.421 e. The van der Waals surface area contributed by atoms with Crippen LogP contribution in [-0.4, -0.2) is 57.9 Å². The molecule has 2 heterocycles. The Morgan fingerprint density at radius 2 is 1.94 bits per heavy atom. The molecule has 170 valence electrons. The molecule has 0 spiro atoms. The summed E-state index contributed by atoms with van der Waals surface area (Å²) in [4.78, 5) is 32.9. The number of amides is 2. The first-order chi connectivity index (χ1) is 14.7. The van der Waals surface area contributed by atoms with E-state index in [-0.39, 0.29) is 35.7 Å². The van der Waals surface area contributed by atoms with Crippen molar-refractivity contribution < 1.29 is 22.8 Å². The zero-order valence-electron chi connectivity index (χ0n) is 17.3. The Hall–Kier alpha value is -2.85. The van der Waals surface area contributed by atoms with Gasteiger partial charge in [-0.25, -0.2) is 4.98 Å². The number of halogens is 3. The molecule has 3 atom stereocenters. The van der Waals surface area contributed by atoms with E-state index >= 15 is 0 Å². The second-order valence-corrected chi connectivity index (χ2v) is 7.90. The highest BCUT2D eigenvalue weighted by molar-refractivity contribution is 5.87. The highest BCUT2D eigenvalue weighted by Crippen LogP contribution is 2.35. The van der Waals surface area contributed by atoms with Crippen molar-refractivity contribution in [2.24, 2.45) is 0 Å². The molecule has 2 aliphatic rings. The van der Waals surface area contributed by atoms with E-state index in [9.17, 15) is 22.8 Å². The summed E-state index contributed by atoms with van der Waals surface area (Å²) >= 11 is 0. The molecule has 1 saturated carbocycles. The fourth-order valence-electron chi connectivity index (χ4n) is 4.06. The number of carbonyl (C=O) groups is 2. The number of anilines is 2. The average Bonchev–Trinajstić information content (AvgIpc) is 3.13. The second-order valence-electron chi connectivity index (χ2n) is 7.90. The highest BCUT2D eigenvalue weighted by Gasteiger charge is 2.37. The molecule has 1 unspecified atom stereocenters. The number of alkyl halides is 3. The molecule has 8 nitrogen and oxygen atoms in total. The van der Waals surface area contributed by atoms with Gasteiger partial charge >= 0.3 is 6.18 Å². The van der Waals surface area contributed by atoms with Crippen molar-refractivity contribution in [2.75, 3.05) is 23.7 Å². The predicted molar refractivity (Wildman–Crippen MR) is 109 cm³/mol. The molecule has 3 N–H and O–H groups in total. The SMILES string of the molecule is C=CC(=O)NC1CCC[C@H]1Nc1nc(N[C@H]2CCCN(C(C)=O)C2)ncc1C(F)(F)F. The van der Waals surface area contributed by atoms with E-state index in [0.29, 0.717) is 25.9 Å². The van der Waals surface area contributed by atoms with Crippen LogP contribution < -0.4 is 16.0 Å². The molecule has 1 aromatic rings. The first-order valence-corrected chi connectivity index (χ1v) is 10.3. The van der Waals surface area contributed by atoms with E-state index in [1.807, 2.05) is 0 Å². The highest BCUT2D eigenvalue weighted by atomic mass is 19.4. The Kier molecular flexibility index (Phi) is 7.01. The quantitative estimate of drug-likeness (QED) is 0.588. The normalized spacial score (nSPS) is 23.9. The minimum Gasteiger partial charge on any atom is -0.365 e. The van der Waals surface area contributed by atoms with E-state index in [1.165, 1.54) is 6.92 Å². The van der Waals surface area contributed by atoms with Crippen molar-refractivity contribution in [3.8, 4) is 0 Å². The van der Waals surface area contributed by atoms with E-state index in [0.717, 1.165) is 31.5 Å². The van der Waals surface area contributed by atoms with Gasteiger partial charge in [-0.1, -0.05) is 6.58 Å². The van der Waals surface area contributed by atoms with E-state index in [2.05, 4.69) is 32.5 Å². The molecule has 1 aromatic heterocycles. The maximum Gasteiger partial charge on any atom is 0.421 e. The summed E-state index contributed by atoms with van der Waals surface area (Å²) < 4.78 is 40.6. The van der Waals surface area contributed by atoms with Crippen molar-refractivity contribution >= 4 is 23.6 Å². The van der Waals surface area contributed by atoms with Crippen LogP contribution in [0.2, 0.25) is 0 Å². The van der Waals surface area contributed by atoms with Gasteiger partial charge in [0.05, 0.1) is 0 Å². The van der Waals surface area contributed by atoms with Crippen LogP contribution in [-0.2, 0) is 15.8 Å². The number of carbonyl (C=O) groups excluding carboxylic acids is 2. The molecule has 31 heavy (non-hydrogen) atoms. The van der Waals surface area contributed by atoms with Crippen LogP contribution >= 0.6 is 0 Å². The van der Waals surface area contributed by atoms with Gasteiger partial charge in [0.25, 0.3) is 0 Å². The first kappa shape index (κ1) is 22.8. The maximum atomic E-state index is 13.5. The molecule has 2 fully saturated rings. The summed E-state index contributed by atoms with van der Waals surface area (Å²) in [5.74, 6) is -0.673. The van der Waals surface area contributed by atoms with Crippen molar-refractivity contribution in [3.63, 3.8) is 0 Å². The van der Waals surface area contributed by atoms with Crippen molar-refractivity contribution in [2.45, 2.75) is 63.3 Å². The van der Waals surface area contributed by atoms with E-state index in [1.54, 1.807) is 4.90 Å². The Labute approximate surface area is 178 Å². The number of likely N-dealkylation sites (tertiary alicyclic amines) is 1. The number of nitrogens with zero attached hydrogens (tertiary/aromatic N) is 3. The number of piperidine rings is 1. The zero-order valence-corrected chi connectivity index (χ0v) is 17.3. The molecular formula is C20H27F3N6O2. The Balaban J connectivity index is 1.78.